The first-order valence-corrected chi connectivity index (χ1v) is 19.4. The van der Waals surface area contributed by atoms with E-state index in [4.69, 9.17) is 13.8 Å². The van der Waals surface area contributed by atoms with Crippen molar-refractivity contribution in [2.75, 3.05) is 0 Å². The van der Waals surface area contributed by atoms with E-state index in [1.165, 1.54) is 22.6 Å². The molecule has 0 saturated heterocycles. The number of carbonyl (C=O) groups is 1. The number of nitrogens with zero attached hydrogens (tertiary/aromatic N) is 1. The van der Waals surface area contributed by atoms with Crippen molar-refractivity contribution in [2.24, 2.45) is 16.7 Å². The van der Waals surface area contributed by atoms with Crippen molar-refractivity contribution in [3.63, 3.8) is 0 Å². The molecule has 0 aliphatic rings. The van der Waals surface area contributed by atoms with Gasteiger partial charge in [0.25, 0.3) is 0 Å². The van der Waals surface area contributed by atoms with E-state index in [1.54, 1.807) is 6.26 Å². The van der Waals surface area contributed by atoms with Gasteiger partial charge in [0, 0.05) is 59.7 Å². The Morgan fingerprint density at radius 2 is 1.50 bits per heavy atom. The fourth-order valence-electron chi connectivity index (χ4n) is 6.84. The van der Waals surface area contributed by atoms with E-state index in [2.05, 4.69) is 95.3 Å². The van der Waals surface area contributed by atoms with E-state index in [-0.39, 0.29) is 47.9 Å². The van der Waals surface area contributed by atoms with Crippen molar-refractivity contribution in [1.29, 1.82) is 0 Å². The first-order valence-electron chi connectivity index (χ1n) is 19.4. The minimum absolute atomic E-state index is 0. The summed E-state index contributed by atoms with van der Waals surface area (Å²) in [5.41, 5.74) is 6.48. The minimum atomic E-state index is -0.337. The van der Waals surface area contributed by atoms with E-state index in [0.29, 0.717) is 5.92 Å². The van der Waals surface area contributed by atoms with Crippen molar-refractivity contribution in [3.8, 4) is 22.6 Å². The first-order chi connectivity index (χ1) is 25.1. The minimum Gasteiger partial charge on any atom is -0.512 e. The van der Waals surface area contributed by atoms with Crippen LogP contribution in [0.3, 0.4) is 0 Å². The van der Waals surface area contributed by atoms with Crippen LogP contribution in [0.4, 0.5) is 0 Å². The Hall–Kier alpha value is -3.99. The van der Waals surface area contributed by atoms with Gasteiger partial charge in [-0.25, -0.2) is 0 Å². The van der Waals surface area contributed by atoms with Gasteiger partial charge in [0.05, 0.1) is 5.56 Å². The van der Waals surface area contributed by atoms with Crippen molar-refractivity contribution in [2.45, 2.75) is 114 Å². The number of ketones is 1. The number of hydrogen-bond acceptors (Lipinski definition) is 5. The number of hydrogen-bond donors (Lipinski definition) is 1. The molecule has 289 valence electrons. The van der Waals surface area contributed by atoms with Crippen LogP contribution in [0, 0.1) is 22.8 Å². The van der Waals surface area contributed by atoms with Crippen LogP contribution < -0.4 is 0 Å². The normalized spacial score (nSPS) is 12.6. The summed E-state index contributed by atoms with van der Waals surface area (Å²) in [6, 6.07) is 24.8. The van der Waals surface area contributed by atoms with Crippen LogP contribution >= 0.6 is 0 Å². The molecule has 0 amide bonds. The fraction of sp³-hybridized carbons (Fsp3) is 0.417. The third-order valence-corrected chi connectivity index (χ3v) is 11.4. The molecule has 1 radical (unpaired) electrons. The van der Waals surface area contributed by atoms with E-state index in [9.17, 15) is 9.90 Å². The van der Waals surface area contributed by atoms with Crippen molar-refractivity contribution in [1.82, 2.24) is 4.98 Å². The molecule has 0 fully saturated rings. The largest absolute Gasteiger partial charge is 0.512 e. The molecule has 3 aromatic heterocycles. The fourth-order valence-corrected chi connectivity index (χ4v) is 6.84. The van der Waals surface area contributed by atoms with E-state index in [1.807, 2.05) is 53.8 Å². The number of aliphatic hydroxyl groups excluding tert-OH is 1. The maximum Gasteiger partial charge on any atom is 0.164 e. The molecule has 1 N–H and O–H groups in total. The second-order valence-electron chi connectivity index (χ2n) is 16.6. The molecule has 0 bridgehead atoms. The number of fused-ring (bicyclic) bond motifs is 3. The molecular weight excluding hydrogens is 847 g/mol. The van der Waals surface area contributed by atoms with Gasteiger partial charge in [-0.2, -0.15) is 0 Å². The molecule has 6 aromatic rings. The summed E-state index contributed by atoms with van der Waals surface area (Å²) in [5.74, 6) is 1.67. The molecule has 0 saturated carbocycles. The van der Waals surface area contributed by atoms with Gasteiger partial charge in [0.1, 0.15) is 28.9 Å². The Morgan fingerprint density at radius 1 is 0.833 bits per heavy atom. The summed E-state index contributed by atoms with van der Waals surface area (Å²) in [5, 5.41) is 14.5. The van der Waals surface area contributed by atoms with Crippen molar-refractivity contribution in [3.05, 3.63) is 102 Å². The van der Waals surface area contributed by atoms with Crippen LogP contribution in [0.15, 0.2) is 93.8 Å². The Morgan fingerprint density at radius 3 is 2.13 bits per heavy atom. The molecular formula is C48H58IrNO4-. The zero-order chi connectivity index (χ0) is 38.7. The summed E-state index contributed by atoms with van der Waals surface area (Å²) in [7, 11) is 0. The number of furan rings is 2. The summed E-state index contributed by atoms with van der Waals surface area (Å²) in [6.07, 6.45) is 9.40. The summed E-state index contributed by atoms with van der Waals surface area (Å²) in [4.78, 5) is 17.0. The SMILES string of the molecule is CC(C)Cc1ccc2occ(-c3cc4c(-c5[c-]c6ccccc6c(C(C)(C)C)c5)nccc4o3)c2c1.CCC(C)(CC)C(=O)/C=C(\O)C(C)(CC)CC.[Ir]. The van der Waals surface area contributed by atoms with Crippen LogP contribution in [0.2, 0.25) is 0 Å². The second-order valence-corrected chi connectivity index (χ2v) is 16.6. The number of allylic oxidation sites excluding steroid dienone is 2. The molecule has 54 heavy (non-hydrogen) atoms. The number of aromatic nitrogens is 1. The van der Waals surface area contributed by atoms with Crippen LogP contribution in [0.5, 0.6) is 0 Å². The summed E-state index contributed by atoms with van der Waals surface area (Å²) in [6.45, 7) is 23.3. The molecule has 0 atom stereocenters. The van der Waals surface area contributed by atoms with E-state index >= 15 is 0 Å². The van der Waals surface area contributed by atoms with Crippen LogP contribution in [-0.2, 0) is 36.7 Å². The number of rotatable bonds is 11. The summed E-state index contributed by atoms with van der Waals surface area (Å²) < 4.78 is 12.3. The molecule has 0 aliphatic carbocycles. The quantitative estimate of drug-likeness (QED) is 0.0796. The molecule has 3 heterocycles. The first kappa shape index (κ1) is 42.7. The number of benzene rings is 3. The number of carbonyl (C=O) groups excluding carboxylic acids is 1. The van der Waals surface area contributed by atoms with Gasteiger partial charge < -0.3 is 13.9 Å². The maximum absolute atomic E-state index is 12.2. The molecule has 6 rings (SSSR count). The van der Waals surface area contributed by atoms with Crippen LogP contribution in [0.25, 0.3) is 55.3 Å². The molecule has 0 aliphatic heterocycles. The molecule has 0 unspecified atom stereocenters. The standard InChI is InChI=1S/C33H30NO2.C15H28O2.Ir/c1-20(2)14-21-10-11-29-25(15-21)27(19-35-29)31-18-26-30(36-31)12-13-34-32(26)23-16-22-8-6-7-9-24(22)28(17-23)33(3,4)5;1-7-14(5,8-2)12(16)11-13(17)15(6,9-3)10-4;/h6-13,15,17-20H,14H2,1-5H3;11,16H,7-10H2,1-6H3;/q-1;;/b;12-11-;. The van der Waals surface area contributed by atoms with E-state index < -0.39 is 0 Å². The Labute approximate surface area is 336 Å². The van der Waals surface area contributed by atoms with Gasteiger partial charge in [0.2, 0.25) is 0 Å². The molecule has 6 heteroatoms. The summed E-state index contributed by atoms with van der Waals surface area (Å²) >= 11 is 0. The molecule has 3 aromatic carbocycles. The van der Waals surface area contributed by atoms with Gasteiger partial charge in [-0.05, 0) is 73.3 Å². The monoisotopic (exact) mass is 905 g/mol. The Kier molecular flexibility index (Phi) is 13.6. The third-order valence-electron chi connectivity index (χ3n) is 11.4. The Bertz CT molecular complexity index is 2240. The van der Waals surface area contributed by atoms with Gasteiger partial charge in [-0.3, -0.25) is 9.78 Å². The smallest absolute Gasteiger partial charge is 0.164 e. The Balaban J connectivity index is 0.000000309. The van der Waals surface area contributed by atoms with Gasteiger partial charge >= 0.3 is 0 Å². The topological polar surface area (TPSA) is 76.5 Å². The average Bonchev–Trinajstić information content (AvgIpc) is 3.77. The van der Waals surface area contributed by atoms with Crippen LogP contribution in [-0.4, -0.2) is 15.9 Å². The molecule has 5 nitrogen and oxygen atoms in total. The van der Waals surface area contributed by atoms with Gasteiger partial charge in [0.15, 0.2) is 5.78 Å². The zero-order valence-corrected chi connectivity index (χ0v) is 36.5. The third kappa shape index (κ3) is 8.93. The number of pyridine rings is 1. The van der Waals surface area contributed by atoms with Crippen molar-refractivity contribution < 1.29 is 38.8 Å². The predicted octanol–water partition coefficient (Wildman–Crippen LogP) is 14.0. The average molecular weight is 905 g/mol. The predicted molar refractivity (Wildman–Crippen MR) is 221 cm³/mol. The second kappa shape index (κ2) is 17.2. The molecule has 0 spiro atoms. The van der Waals surface area contributed by atoms with Gasteiger partial charge in [-0.15, -0.1) is 29.1 Å². The number of aliphatic hydroxyl groups is 1. The van der Waals surface area contributed by atoms with E-state index in [0.717, 1.165) is 82.0 Å². The maximum atomic E-state index is 12.2. The van der Waals surface area contributed by atoms with Gasteiger partial charge in [-0.1, -0.05) is 111 Å². The van der Waals surface area contributed by atoms with Crippen molar-refractivity contribution >= 4 is 38.5 Å². The zero-order valence-electron chi connectivity index (χ0n) is 34.1. The van der Waals surface area contributed by atoms with Crippen LogP contribution in [0.1, 0.15) is 113 Å².